The fraction of sp³-hybridized carbons (Fsp3) is 0.375. The van der Waals surface area contributed by atoms with Crippen LogP contribution in [0.1, 0.15) is 13.8 Å². The fourth-order valence-electron chi connectivity index (χ4n) is 1.87. The molecule has 0 spiro atoms. The van der Waals surface area contributed by atoms with Crippen LogP contribution in [0.25, 0.3) is 10.8 Å². The van der Waals surface area contributed by atoms with Crippen molar-refractivity contribution in [2.75, 3.05) is 25.5 Å². The molecule has 2 aromatic carbocycles. The molecule has 0 fully saturated rings. The maximum absolute atomic E-state index is 5.74. The predicted molar refractivity (Wildman–Crippen MR) is 81.8 cm³/mol. The molecule has 0 amide bonds. The third-order valence-electron chi connectivity index (χ3n) is 3.37. The average Bonchev–Trinajstić information content (AvgIpc) is 2.44. The summed E-state index contributed by atoms with van der Waals surface area (Å²) < 4.78 is 5.23. The van der Waals surface area contributed by atoms with Gasteiger partial charge < -0.3 is 15.8 Å². The van der Waals surface area contributed by atoms with Gasteiger partial charge in [0.05, 0.1) is 7.11 Å². The molecule has 19 heavy (non-hydrogen) atoms. The minimum atomic E-state index is 0.106. The summed E-state index contributed by atoms with van der Waals surface area (Å²) in [6, 6.07) is 12.5. The van der Waals surface area contributed by atoms with Gasteiger partial charge in [-0.2, -0.15) is 0 Å². The molecule has 0 saturated carbocycles. The van der Waals surface area contributed by atoms with E-state index in [1.807, 2.05) is 12.1 Å². The van der Waals surface area contributed by atoms with E-state index in [0.717, 1.165) is 18.0 Å². The second kappa shape index (κ2) is 5.49. The monoisotopic (exact) mass is 258 g/mol. The SMILES string of the molecule is COc1ccc2cc(NCC(C)(C)CN)ccc2c1. The highest BCUT2D eigenvalue weighted by atomic mass is 16.5. The Labute approximate surface area is 114 Å². The Balaban J connectivity index is 2.18. The zero-order valence-corrected chi connectivity index (χ0v) is 11.9. The van der Waals surface area contributed by atoms with Crippen LogP contribution in [0.3, 0.4) is 0 Å². The molecule has 0 radical (unpaired) electrons. The van der Waals surface area contributed by atoms with Crippen molar-refractivity contribution in [3.63, 3.8) is 0 Å². The molecular formula is C16H22N2O. The number of nitrogens with one attached hydrogen (secondary N) is 1. The van der Waals surface area contributed by atoms with Crippen LogP contribution in [0.2, 0.25) is 0 Å². The maximum atomic E-state index is 5.74. The van der Waals surface area contributed by atoms with Crippen molar-refractivity contribution in [1.29, 1.82) is 0 Å². The van der Waals surface area contributed by atoms with E-state index >= 15 is 0 Å². The topological polar surface area (TPSA) is 47.3 Å². The lowest BCUT2D eigenvalue weighted by Crippen LogP contribution is -2.31. The Morgan fingerprint density at radius 1 is 1.11 bits per heavy atom. The molecule has 2 aromatic rings. The van der Waals surface area contributed by atoms with Crippen molar-refractivity contribution in [3.05, 3.63) is 36.4 Å². The quantitative estimate of drug-likeness (QED) is 0.865. The van der Waals surface area contributed by atoms with E-state index in [1.54, 1.807) is 7.11 Å². The molecule has 0 aliphatic rings. The van der Waals surface area contributed by atoms with Crippen LogP contribution in [-0.2, 0) is 0 Å². The van der Waals surface area contributed by atoms with Crippen molar-refractivity contribution in [1.82, 2.24) is 0 Å². The number of rotatable bonds is 5. The van der Waals surface area contributed by atoms with Gasteiger partial charge in [-0.25, -0.2) is 0 Å². The second-order valence-electron chi connectivity index (χ2n) is 5.65. The first-order valence-corrected chi connectivity index (χ1v) is 6.56. The minimum Gasteiger partial charge on any atom is -0.497 e. The third kappa shape index (κ3) is 3.38. The summed E-state index contributed by atoms with van der Waals surface area (Å²) >= 11 is 0. The summed E-state index contributed by atoms with van der Waals surface area (Å²) in [5.74, 6) is 0.887. The molecule has 102 valence electrons. The summed E-state index contributed by atoms with van der Waals surface area (Å²) in [6.45, 7) is 5.85. The zero-order chi connectivity index (χ0) is 13.9. The van der Waals surface area contributed by atoms with Gasteiger partial charge in [0.2, 0.25) is 0 Å². The van der Waals surface area contributed by atoms with Gasteiger partial charge in [0.15, 0.2) is 0 Å². The van der Waals surface area contributed by atoms with E-state index < -0.39 is 0 Å². The smallest absolute Gasteiger partial charge is 0.119 e. The van der Waals surface area contributed by atoms with E-state index in [1.165, 1.54) is 10.8 Å². The Morgan fingerprint density at radius 3 is 2.47 bits per heavy atom. The number of hydrogen-bond donors (Lipinski definition) is 2. The number of methoxy groups -OCH3 is 1. The highest BCUT2D eigenvalue weighted by molar-refractivity contribution is 5.86. The molecule has 0 aromatic heterocycles. The molecule has 0 aliphatic carbocycles. The molecule has 0 unspecified atom stereocenters. The number of hydrogen-bond acceptors (Lipinski definition) is 3. The van der Waals surface area contributed by atoms with Gasteiger partial charge in [-0.3, -0.25) is 0 Å². The van der Waals surface area contributed by atoms with Crippen molar-refractivity contribution in [2.24, 2.45) is 11.1 Å². The number of benzene rings is 2. The number of ether oxygens (including phenoxy) is 1. The van der Waals surface area contributed by atoms with Gasteiger partial charge in [0.25, 0.3) is 0 Å². The third-order valence-corrected chi connectivity index (χ3v) is 3.37. The van der Waals surface area contributed by atoms with E-state index in [4.69, 9.17) is 10.5 Å². The standard InChI is InChI=1S/C16H22N2O/c1-16(2,10-17)11-18-14-6-4-13-9-15(19-3)7-5-12(13)8-14/h4-9,18H,10-11,17H2,1-3H3. The molecule has 0 heterocycles. The van der Waals surface area contributed by atoms with Crippen LogP contribution in [-0.4, -0.2) is 20.2 Å². The molecule has 0 aliphatic heterocycles. The Bertz CT molecular complexity index is 564. The minimum absolute atomic E-state index is 0.106. The summed E-state index contributed by atoms with van der Waals surface area (Å²) in [6.07, 6.45) is 0. The van der Waals surface area contributed by atoms with E-state index in [9.17, 15) is 0 Å². The summed E-state index contributed by atoms with van der Waals surface area (Å²) in [5, 5.41) is 5.83. The average molecular weight is 258 g/mol. The summed E-state index contributed by atoms with van der Waals surface area (Å²) in [7, 11) is 1.69. The molecule has 3 nitrogen and oxygen atoms in total. The lowest BCUT2D eigenvalue weighted by atomic mass is 9.94. The van der Waals surface area contributed by atoms with Gasteiger partial charge >= 0.3 is 0 Å². The maximum Gasteiger partial charge on any atom is 0.119 e. The molecule has 3 N–H and O–H groups in total. The van der Waals surface area contributed by atoms with E-state index in [2.05, 4.69) is 43.4 Å². The summed E-state index contributed by atoms with van der Waals surface area (Å²) in [5.41, 5.74) is 6.97. The Morgan fingerprint density at radius 2 is 1.79 bits per heavy atom. The number of fused-ring (bicyclic) bond motifs is 1. The normalized spacial score (nSPS) is 11.6. The van der Waals surface area contributed by atoms with Crippen LogP contribution in [0.4, 0.5) is 5.69 Å². The van der Waals surface area contributed by atoms with Crippen molar-refractivity contribution in [3.8, 4) is 5.75 Å². The lowest BCUT2D eigenvalue weighted by molar-refractivity contribution is 0.406. The highest BCUT2D eigenvalue weighted by Crippen LogP contribution is 2.24. The molecular weight excluding hydrogens is 236 g/mol. The molecule has 3 heteroatoms. The number of anilines is 1. The van der Waals surface area contributed by atoms with E-state index in [0.29, 0.717) is 6.54 Å². The van der Waals surface area contributed by atoms with Gasteiger partial charge in [-0.05, 0) is 47.0 Å². The zero-order valence-electron chi connectivity index (χ0n) is 11.9. The molecule has 0 saturated heterocycles. The molecule has 0 atom stereocenters. The first-order chi connectivity index (χ1) is 9.04. The molecule has 2 rings (SSSR count). The van der Waals surface area contributed by atoms with Crippen LogP contribution in [0.5, 0.6) is 5.75 Å². The van der Waals surface area contributed by atoms with Gasteiger partial charge in [-0.15, -0.1) is 0 Å². The van der Waals surface area contributed by atoms with Crippen LogP contribution < -0.4 is 15.8 Å². The van der Waals surface area contributed by atoms with Crippen LogP contribution >= 0.6 is 0 Å². The summed E-state index contributed by atoms with van der Waals surface area (Å²) in [4.78, 5) is 0. The van der Waals surface area contributed by atoms with E-state index in [-0.39, 0.29) is 5.41 Å². The highest BCUT2D eigenvalue weighted by Gasteiger charge is 2.14. The Hall–Kier alpha value is -1.74. The predicted octanol–water partition coefficient (Wildman–Crippen LogP) is 3.25. The van der Waals surface area contributed by atoms with Gasteiger partial charge in [0, 0.05) is 12.2 Å². The molecule has 0 bridgehead atoms. The van der Waals surface area contributed by atoms with Gasteiger partial charge in [-0.1, -0.05) is 26.0 Å². The fourth-order valence-corrected chi connectivity index (χ4v) is 1.87. The van der Waals surface area contributed by atoms with Crippen molar-refractivity contribution < 1.29 is 4.74 Å². The van der Waals surface area contributed by atoms with Gasteiger partial charge in [0.1, 0.15) is 5.75 Å². The van der Waals surface area contributed by atoms with Crippen molar-refractivity contribution >= 4 is 16.5 Å². The largest absolute Gasteiger partial charge is 0.497 e. The second-order valence-corrected chi connectivity index (χ2v) is 5.65. The first kappa shape index (κ1) is 13.7. The Kier molecular flexibility index (Phi) is 3.96. The van der Waals surface area contributed by atoms with Crippen LogP contribution in [0, 0.1) is 5.41 Å². The van der Waals surface area contributed by atoms with Crippen LogP contribution in [0.15, 0.2) is 36.4 Å². The number of nitrogens with two attached hydrogens (primary N) is 1. The lowest BCUT2D eigenvalue weighted by Gasteiger charge is -2.23. The first-order valence-electron chi connectivity index (χ1n) is 6.56. The van der Waals surface area contributed by atoms with Crippen molar-refractivity contribution in [2.45, 2.75) is 13.8 Å².